The summed E-state index contributed by atoms with van der Waals surface area (Å²) in [6.45, 7) is 9.41. The molecule has 3 heterocycles. The zero-order valence-corrected chi connectivity index (χ0v) is 20.8. The lowest BCUT2D eigenvalue weighted by atomic mass is 9.84. The second-order valence-corrected chi connectivity index (χ2v) is 9.65. The molecule has 4 rings (SSSR count). The molecule has 0 saturated carbocycles. The molecule has 1 aromatic carbocycles. The van der Waals surface area contributed by atoms with Crippen LogP contribution in [-0.4, -0.2) is 69.7 Å². The SMILES string of the molecule is CCC1OCC(C)[C@@H](C)[C@H]1OC1OC2COC(c3ccccc3)O[C@@H]2[C@H](OCC(=O)OC)C1C. The molecule has 10 atom stereocenters. The van der Waals surface area contributed by atoms with Gasteiger partial charge in [-0.2, -0.15) is 0 Å². The quantitative estimate of drug-likeness (QED) is 0.551. The predicted octanol–water partition coefficient (Wildman–Crippen LogP) is 3.49. The third-order valence-electron chi connectivity index (χ3n) is 7.38. The number of esters is 1. The Hall–Kier alpha value is -1.55. The monoisotopic (exact) mass is 478 g/mol. The van der Waals surface area contributed by atoms with Crippen LogP contribution in [0.15, 0.2) is 30.3 Å². The van der Waals surface area contributed by atoms with Crippen LogP contribution in [0.25, 0.3) is 0 Å². The van der Waals surface area contributed by atoms with E-state index < -0.39 is 30.8 Å². The number of benzene rings is 1. The van der Waals surface area contributed by atoms with Gasteiger partial charge in [0.25, 0.3) is 0 Å². The van der Waals surface area contributed by atoms with Gasteiger partial charge in [-0.15, -0.1) is 0 Å². The maximum absolute atomic E-state index is 11.9. The number of rotatable bonds is 7. The van der Waals surface area contributed by atoms with Crippen molar-refractivity contribution in [2.24, 2.45) is 17.8 Å². The molecule has 0 radical (unpaired) electrons. The second kappa shape index (κ2) is 11.5. The Morgan fingerprint density at radius 1 is 1.00 bits per heavy atom. The molecule has 34 heavy (non-hydrogen) atoms. The zero-order chi connectivity index (χ0) is 24.2. The third-order valence-corrected chi connectivity index (χ3v) is 7.38. The van der Waals surface area contributed by atoms with Gasteiger partial charge in [0.15, 0.2) is 12.6 Å². The lowest BCUT2D eigenvalue weighted by Gasteiger charge is -2.50. The molecule has 3 saturated heterocycles. The van der Waals surface area contributed by atoms with Crippen LogP contribution in [0, 0.1) is 17.8 Å². The molecule has 6 unspecified atom stereocenters. The number of methoxy groups -OCH3 is 1. The molecule has 0 amide bonds. The number of carbonyl (C=O) groups excluding carboxylic acids is 1. The van der Waals surface area contributed by atoms with Crippen molar-refractivity contribution in [2.45, 2.75) is 77.2 Å². The third kappa shape index (κ3) is 5.48. The minimum Gasteiger partial charge on any atom is -0.467 e. The molecule has 0 aromatic heterocycles. The van der Waals surface area contributed by atoms with Crippen molar-refractivity contribution in [2.75, 3.05) is 26.9 Å². The molecule has 1 aromatic rings. The number of hydrogen-bond donors (Lipinski definition) is 0. The van der Waals surface area contributed by atoms with Crippen molar-refractivity contribution in [3.63, 3.8) is 0 Å². The summed E-state index contributed by atoms with van der Waals surface area (Å²) in [5, 5.41) is 0. The van der Waals surface area contributed by atoms with Crippen LogP contribution in [0.2, 0.25) is 0 Å². The average molecular weight is 479 g/mol. The highest BCUT2D eigenvalue weighted by Crippen LogP contribution is 2.40. The summed E-state index contributed by atoms with van der Waals surface area (Å²) in [5.74, 6) is 0.0812. The molecule has 3 fully saturated rings. The van der Waals surface area contributed by atoms with Gasteiger partial charge in [0.1, 0.15) is 18.8 Å². The fraction of sp³-hybridized carbons (Fsp3) is 0.731. The summed E-state index contributed by atoms with van der Waals surface area (Å²) < 4.78 is 42.3. The van der Waals surface area contributed by atoms with Crippen molar-refractivity contribution in [3.8, 4) is 0 Å². The second-order valence-electron chi connectivity index (χ2n) is 9.65. The molecule has 3 aliphatic heterocycles. The molecule has 8 heteroatoms. The summed E-state index contributed by atoms with van der Waals surface area (Å²) in [7, 11) is 1.35. The van der Waals surface area contributed by atoms with Gasteiger partial charge in [0, 0.05) is 18.1 Å². The average Bonchev–Trinajstić information content (AvgIpc) is 2.87. The minimum absolute atomic E-state index is 0.00970. The van der Waals surface area contributed by atoms with Crippen molar-refractivity contribution in [1.29, 1.82) is 0 Å². The van der Waals surface area contributed by atoms with Gasteiger partial charge in [0.2, 0.25) is 0 Å². The molecule has 0 bridgehead atoms. The van der Waals surface area contributed by atoms with E-state index in [1.807, 2.05) is 37.3 Å². The maximum Gasteiger partial charge on any atom is 0.331 e. The van der Waals surface area contributed by atoms with Gasteiger partial charge in [-0.1, -0.05) is 58.0 Å². The number of hydrogen-bond acceptors (Lipinski definition) is 8. The molecular weight excluding hydrogens is 440 g/mol. The Labute approximate surface area is 202 Å². The lowest BCUT2D eigenvalue weighted by molar-refractivity contribution is -0.368. The predicted molar refractivity (Wildman–Crippen MR) is 123 cm³/mol. The van der Waals surface area contributed by atoms with E-state index in [0.717, 1.165) is 18.6 Å². The van der Waals surface area contributed by atoms with E-state index >= 15 is 0 Å². The van der Waals surface area contributed by atoms with Crippen molar-refractivity contribution < 1.29 is 38.0 Å². The molecule has 0 N–H and O–H groups in total. The first kappa shape index (κ1) is 25.5. The van der Waals surface area contributed by atoms with E-state index in [0.29, 0.717) is 18.4 Å². The largest absolute Gasteiger partial charge is 0.467 e. The zero-order valence-electron chi connectivity index (χ0n) is 20.8. The topological polar surface area (TPSA) is 81.7 Å². The molecule has 0 spiro atoms. The van der Waals surface area contributed by atoms with Crippen LogP contribution < -0.4 is 0 Å². The maximum atomic E-state index is 11.9. The van der Waals surface area contributed by atoms with E-state index in [-0.39, 0.29) is 30.8 Å². The van der Waals surface area contributed by atoms with Crippen molar-refractivity contribution in [3.05, 3.63) is 35.9 Å². The van der Waals surface area contributed by atoms with E-state index in [2.05, 4.69) is 20.8 Å². The van der Waals surface area contributed by atoms with Gasteiger partial charge in [0.05, 0.1) is 32.0 Å². The van der Waals surface area contributed by atoms with Gasteiger partial charge in [-0.3, -0.25) is 0 Å². The fourth-order valence-corrected chi connectivity index (χ4v) is 5.01. The van der Waals surface area contributed by atoms with E-state index in [1.54, 1.807) is 0 Å². The highest BCUT2D eigenvalue weighted by Gasteiger charge is 2.51. The Bertz CT molecular complexity index is 786. The van der Waals surface area contributed by atoms with E-state index in [4.69, 9.17) is 33.2 Å². The lowest BCUT2D eigenvalue weighted by Crippen LogP contribution is -2.61. The summed E-state index contributed by atoms with van der Waals surface area (Å²) in [6.07, 6.45) is -1.54. The van der Waals surface area contributed by atoms with Crippen LogP contribution >= 0.6 is 0 Å². The number of carbonyl (C=O) groups is 1. The fourth-order valence-electron chi connectivity index (χ4n) is 5.01. The van der Waals surface area contributed by atoms with Gasteiger partial charge in [-0.05, 0) is 18.3 Å². The Morgan fingerprint density at radius 3 is 2.47 bits per heavy atom. The van der Waals surface area contributed by atoms with Crippen LogP contribution in [-0.2, 0) is 38.0 Å². The standard InChI is InChI=1S/C26H38O8/c1-6-19-22(16(3)15(2)12-29-19)33-25-17(4)23(30-14-21(27)28-5)24-20(32-25)13-31-26(34-24)18-10-8-7-9-11-18/h7-11,15-17,19-20,22-26H,6,12-14H2,1-5H3/t15?,16-,17?,19?,20?,22-,23-,24+,25?,26?/m1/s1. The van der Waals surface area contributed by atoms with Crippen LogP contribution in [0.3, 0.4) is 0 Å². The first-order valence-corrected chi connectivity index (χ1v) is 12.4. The molecule has 0 aliphatic carbocycles. The summed E-state index contributed by atoms with van der Waals surface area (Å²) in [5.41, 5.74) is 0.923. The van der Waals surface area contributed by atoms with Crippen LogP contribution in [0.5, 0.6) is 0 Å². The Morgan fingerprint density at radius 2 is 1.76 bits per heavy atom. The Kier molecular flexibility index (Phi) is 8.61. The summed E-state index contributed by atoms with van der Waals surface area (Å²) in [6, 6.07) is 9.77. The normalized spacial score (nSPS) is 40.4. The number of fused-ring (bicyclic) bond motifs is 1. The van der Waals surface area contributed by atoms with Gasteiger partial charge < -0.3 is 33.2 Å². The highest BCUT2D eigenvalue weighted by molar-refractivity contribution is 5.70. The summed E-state index contributed by atoms with van der Waals surface area (Å²) >= 11 is 0. The first-order valence-electron chi connectivity index (χ1n) is 12.4. The van der Waals surface area contributed by atoms with Crippen LogP contribution in [0.4, 0.5) is 0 Å². The molecule has 8 nitrogen and oxygen atoms in total. The number of ether oxygens (including phenoxy) is 7. The molecular formula is C26H38O8. The molecule has 190 valence electrons. The smallest absolute Gasteiger partial charge is 0.331 e. The van der Waals surface area contributed by atoms with Gasteiger partial charge >= 0.3 is 5.97 Å². The van der Waals surface area contributed by atoms with Gasteiger partial charge in [-0.25, -0.2) is 4.79 Å². The first-order chi connectivity index (χ1) is 16.4. The molecule has 3 aliphatic rings. The Balaban J connectivity index is 1.52. The minimum atomic E-state index is -0.542. The summed E-state index contributed by atoms with van der Waals surface area (Å²) in [4.78, 5) is 11.9. The van der Waals surface area contributed by atoms with Crippen molar-refractivity contribution in [1.82, 2.24) is 0 Å². The highest BCUT2D eigenvalue weighted by atomic mass is 16.8. The van der Waals surface area contributed by atoms with Crippen molar-refractivity contribution >= 4 is 5.97 Å². The van der Waals surface area contributed by atoms with E-state index in [1.165, 1.54) is 7.11 Å². The van der Waals surface area contributed by atoms with E-state index in [9.17, 15) is 4.79 Å². The van der Waals surface area contributed by atoms with Crippen LogP contribution in [0.1, 0.15) is 46.0 Å².